The molecule has 9 nitrogen and oxygen atoms in total. The van der Waals surface area contributed by atoms with Gasteiger partial charge in [0, 0.05) is 23.4 Å². The summed E-state index contributed by atoms with van der Waals surface area (Å²) in [7, 11) is 0. The molecule has 0 aliphatic heterocycles. The van der Waals surface area contributed by atoms with E-state index in [1.165, 1.54) is 35.1 Å². The molecule has 1 amide bonds. The number of amides is 1. The third kappa shape index (κ3) is 5.64. The van der Waals surface area contributed by atoms with Gasteiger partial charge in [0.2, 0.25) is 0 Å². The highest BCUT2D eigenvalue weighted by Crippen LogP contribution is 2.30. The zero-order chi connectivity index (χ0) is 24.1. The molecule has 0 aliphatic carbocycles. The number of halogens is 2. The molecule has 0 fully saturated rings. The third-order valence-electron chi connectivity index (χ3n) is 4.54. The van der Waals surface area contributed by atoms with Gasteiger partial charge in [0.15, 0.2) is 6.73 Å². The van der Waals surface area contributed by atoms with E-state index in [2.05, 4.69) is 10.4 Å². The molecular weight excluding hydrogens is 483 g/mol. The van der Waals surface area contributed by atoms with E-state index in [9.17, 15) is 14.9 Å². The molecule has 4 aromatic rings. The number of carbonyl (C=O) groups is 1. The van der Waals surface area contributed by atoms with Crippen LogP contribution in [0.4, 0.5) is 11.4 Å². The quantitative estimate of drug-likeness (QED) is 0.229. The summed E-state index contributed by atoms with van der Waals surface area (Å²) in [6.07, 6.45) is 1.44. The topological polar surface area (TPSA) is 109 Å². The number of aromatic nitrogens is 2. The maximum absolute atomic E-state index is 12.9. The van der Waals surface area contributed by atoms with Crippen LogP contribution in [-0.2, 0) is 6.73 Å². The molecule has 11 heteroatoms. The first-order valence-electron chi connectivity index (χ1n) is 9.82. The van der Waals surface area contributed by atoms with Gasteiger partial charge in [-0.05, 0) is 42.5 Å². The van der Waals surface area contributed by atoms with E-state index in [0.717, 1.165) is 0 Å². The number of nitro benzene ring substituents is 1. The number of anilines is 1. The molecule has 0 atom stereocenters. The summed E-state index contributed by atoms with van der Waals surface area (Å²) >= 11 is 12.0. The molecule has 0 unspecified atom stereocenters. The van der Waals surface area contributed by atoms with Crippen molar-refractivity contribution in [2.24, 2.45) is 0 Å². The van der Waals surface area contributed by atoms with E-state index in [-0.39, 0.29) is 29.5 Å². The SMILES string of the molecule is O=C(Nc1cc(Oc2ccc(Cl)cc2)cc([N+](=O)[O-])c1)c1ccnn1COc1ccccc1Cl. The zero-order valence-electron chi connectivity index (χ0n) is 17.4. The molecule has 3 aromatic carbocycles. The minimum Gasteiger partial charge on any atom is -0.470 e. The van der Waals surface area contributed by atoms with Crippen LogP contribution in [0.3, 0.4) is 0 Å². The Morgan fingerprint density at radius 1 is 1.03 bits per heavy atom. The number of rotatable bonds is 8. The number of nitrogens with one attached hydrogen (secondary N) is 1. The van der Waals surface area contributed by atoms with E-state index in [1.54, 1.807) is 48.5 Å². The number of hydrogen-bond acceptors (Lipinski definition) is 6. The van der Waals surface area contributed by atoms with Crippen LogP contribution in [0.2, 0.25) is 10.0 Å². The van der Waals surface area contributed by atoms with E-state index < -0.39 is 10.8 Å². The standard InChI is InChI=1S/C23H16Cl2N4O5/c24-15-5-7-18(8-6-15)34-19-12-16(11-17(13-19)29(31)32)27-23(30)21-9-10-26-28(21)14-33-22-4-2-1-3-20(22)25/h1-13H,14H2,(H,27,30). The largest absolute Gasteiger partial charge is 0.470 e. The lowest BCUT2D eigenvalue weighted by atomic mass is 10.2. The molecule has 1 heterocycles. The second kappa shape index (κ2) is 10.2. The summed E-state index contributed by atoms with van der Waals surface area (Å²) in [6.45, 7) is -0.0701. The van der Waals surface area contributed by atoms with Crippen molar-refractivity contribution in [3.63, 3.8) is 0 Å². The molecule has 0 aliphatic rings. The summed E-state index contributed by atoms with van der Waals surface area (Å²) in [6, 6.07) is 18.9. The van der Waals surface area contributed by atoms with Crippen LogP contribution in [0.25, 0.3) is 0 Å². The maximum Gasteiger partial charge on any atom is 0.275 e. The lowest BCUT2D eigenvalue weighted by Crippen LogP contribution is -2.19. The summed E-state index contributed by atoms with van der Waals surface area (Å²) in [5.41, 5.74) is 0.0963. The monoisotopic (exact) mass is 498 g/mol. The lowest BCUT2D eigenvalue weighted by molar-refractivity contribution is -0.384. The van der Waals surface area contributed by atoms with Crippen LogP contribution in [0.5, 0.6) is 17.2 Å². The lowest BCUT2D eigenvalue weighted by Gasteiger charge is -2.12. The Labute approximate surface area is 203 Å². The molecule has 0 saturated carbocycles. The Morgan fingerprint density at radius 3 is 2.53 bits per heavy atom. The van der Waals surface area contributed by atoms with Gasteiger partial charge >= 0.3 is 0 Å². The Morgan fingerprint density at radius 2 is 1.79 bits per heavy atom. The number of nitro groups is 1. The summed E-state index contributed by atoms with van der Waals surface area (Å²) in [5.74, 6) is 0.492. The number of ether oxygens (including phenoxy) is 2. The van der Waals surface area contributed by atoms with Crippen molar-refractivity contribution in [2.75, 3.05) is 5.32 Å². The van der Waals surface area contributed by atoms with Crippen LogP contribution < -0.4 is 14.8 Å². The van der Waals surface area contributed by atoms with Crippen LogP contribution in [-0.4, -0.2) is 20.6 Å². The third-order valence-corrected chi connectivity index (χ3v) is 5.10. The summed E-state index contributed by atoms with van der Waals surface area (Å²) in [4.78, 5) is 23.7. The molecule has 1 N–H and O–H groups in total. The fourth-order valence-corrected chi connectivity index (χ4v) is 3.29. The number of carbonyl (C=O) groups excluding carboxylic acids is 1. The molecule has 4 rings (SSSR count). The highest BCUT2D eigenvalue weighted by molar-refractivity contribution is 6.32. The molecule has 0 spiro atoms. The Kier molecular flexibility index (Phi) is 6.95. The number of hydrogen-bond donors (Lipinski definition) is 1. The second-order valence-electron chi connectivity index (χ2n) is 6.90. The highest BCUT2D eigenvalue weighted by atomic mass is 35.5. The van der Waals surface area contributed by atoms with Crippen molar-refractivity contribution >= 4 is 40.5 Å². The van der Waals surface area contributed by atoms with Crippen molar-refractivity contribution in [1.82, 2.24) is 9.78 Å². The van der Waals surface area contributed by atoms with Crippen LogP contribution in [0, 0.1) is 10.1 Å². The normalized spacial score (nSPS) is 10.5. The number of nitrogens with zero attached hydrogens (tertiary/aromatic N) is 3. The Hall–Kier alpha value is -4.08. The molecule has 172 valence electrons. The van der Waals surface area contributed by atoms with Gasteiger partial charge < -0.3 is 14.8 Å². The average Bonchev–Trinajstić information content (AvgIpc) is 3.29. The minimum absolute atomic E-state index is 0.0701. The van der Waals surface area contributed by atoms with Crippen molar-refractivity contribution in [2.45, 2.75) is 6.73 Å². The average molecular weight is 499 g/mol. The van der Waals surface area contributed by atoms with Crippen molar-refractivity contribution in [1.29, 1.82) is 0 Å². The Bertz CT molecular complexity index is 1340. The fraction of sp³-hybridized carbons (Fsp3) is 0.0435. The molecule has 0 saturated heterocycles. The van der Waals surface area contributed by atoms with Crippen LogP contribution >= 0.6 is 23.2 Å². The predicted octanol–water partition coefficient (Wildman–Crippen LogP) is 6.18. The molecule has 1 aromatic heterocycles. The van der Waals surface area contributed by atoms with E-state index in [0.29, 0.717) is 21.5 Å². The van der Waals surface area contributed by atoms with Gasteiger partial charge in [0.05, 0.1) is 21.7 Å². The van der Waals surface area contributed by atoms with Crippen LogP contribution in [0.1, 0.15) is 10.5 Å². The minimum atomic E-state index is -0.577. The van der Waals surface area contributed by atoms with Gasteiger partial charge in [-0.3, -0.25) is 14.9 Å². The number of benzene rings is 3. The van der Waals surface area contributed by atoms with Gasteiger partial charge in [-0.2, -0.15) is 5.10 Å². The fourth-order valence-electron chi connectivity index (χ4n) is 2.97. The molecule has 0 bridgehead atoms. The molecular formula is C23H16Cl2N4O5. The zero-order valence-corrected chi connectivity index (χ0v) is 18.9. The summed E-state index contributed by atoms with van der Waals surface area (Å²) in [5, 5.41) is 19.1. The maximum atomic E-state index is 12.9. The smallest absolute Gasteiger partial charge is 0.275 e. The van der Waals surface area contributed by atoms with Gasteiger partial charge in [-0.25, -0.2) is 4.68 Å². The van der Waals surface area contributed by atoms with Crippen molar-refractivity contribution < 1.29 is 19.2 Å². The second-order valence-corrected chi connectivity index (χ2v) is 7.75. The first-order valence-corrected chi connectivity index (χ1v) is 10.6. The number of para-hydroxylation sites is 1. The first-order chi connectivity index (χ1) is 16.4. The van der Waals surface area contributed by atoms with E-state index in [4.69, 9.17) is 32.7 Å². The van der Waals surface area contributed by atoms with Gasteiger partial charge in [-0.15, -0.1) is 0 Å². The van der Waals surface area contributed by atoms with Gasteiger partial charge in [0.1, 0.15) is 22.9 Å². The summed E-state index contributed by atoms with van der Waals surface area (Å²) < 4.78 is 12.7. The van der Waals surface area contributed by atoms with Crippen molar-refractivity contribution in [3.05, 3.63) is 105 Å². The van der Waals surface area contributed by atoms with Gasteiger partial charge in [0.25, 0.3) is 11.6 Å². The highest BCUT2D eigenvalue weighted by Gasteiger charge is 2.17. The molecule has 34 heavy (non-hydrogen) atoms. The van der Waals surface area contributed by atoms with Crippen molar-refractivity contribution in [3.8, 4) is 17.2 Å². The van der Waals surface area contributed by atoms with Crippen LogP contribution in [0.15, 0.2) is 79.0 Å². The van der Waals surface area contributed by atoms with E-state index >= 15 is 0 Å². The van der Waals surface area contributed by atoms with Gasteiger partial charge in [-0.1, -0.05) is 35.3 Å². The Balaban J connectivity index is 1.52. The molecule has 0 radical (unpaired) electrons. The number of non-ortho nitro benzene ring substituents is 1. The van der Waals surface area contributed by atoms with E-state index in [1.807, 2.05) is 0 Å². The first kappa shape index (κ1) is 23.1. The predicted molar refractivity (Wildman–Crippen MR) is 127 cm³/mol.